The zero-order valence-corrected chi connectivity index (χ0v) is 15.1. The average molecular weight is 318 g/mol. The maximum Gasteiger partial charge on any atom is 0.115 e. The lowest BCUT2D eigenvalue weighted by Gasteiger charge is -2.24. The third-order valence-corrected chi connectivity index (χ3v) is 3.88. The van der Waals surface area contributed by atoms with Gasteiger partial charge in [-0.3, -0.25) is 0 Å². The van der Waals surface area contributed by atoms with Crippen LogP contribution in [0.1, 0.15) is 18.7 Å². The van der Waals surface area contributed by atoms with Gasteiger partial charge in [0.15, 0.2) is 0 Å². The largest absolute Gasteiger partial charge is 0.380 e. The topological polar surface area (TPSA) is 33.5 Å². The Morgan fingerprint density at radius 3 is 2.35 bits per heavy atom. The highest BCUT2D eigenvalue weighted by molar-refractivity contribution is 5.76. The van der Waals surface area contributed by atoms with Gasteiger partial charge in [0.2, 0.25) is 0 Å². The molecule has 0 unspecified atom stereocenters. The van der Waals surface area contributed by atoms with Crippen molar-refractivity contribution in [2.75, 3.05) is 54.5 Å². The zero-order chi connectivity index (χ0) is 16.8. The van der Waals surface area contributed by atoms with Gasteiger partial charge in [-0.1, -0.05) is 12.1 Å². The van der Waals surface area contributed by atoms with Crippen LogP contribution < -0.4 is 0 Å². The molecule has 0 saturated carbocycles. The number of ether oxygens (including phenoxy) is 1. The van der Waals surface area contributed by atoms with Gasteiger partial charge in [0.05, 0.1) is 17.6 Å². The zero-order valence-electron chi connectivity index (χ0n) is 15.1. The standard InChI is InChI=1S/C18H30N4O/c1-6-23-12-11-22-17-10-8-7-9-16(17)19-18(22)15(13-20(2)3)14-21(4)5/h7-10,15H,6,11-14H2,1-5H3. The van der Waals surface area contributed by atoms with Gasteiger partial charge in [-0.15, -0.1) is 0 Å². The van der Waals surface area contributed by atoms with Gasteiger partial charge in [0, 0.05) is 32.2 Å². The Hall–Kier alpha value is -1.43. The normalized spacial score (nSPS) is 12.2. The number of rotatable bonds is 9. The van der Waals surface area contributed by atoms with Gasteiger partial charge in [0.1, 0.15) is 5.82 Å². The molecule has 1 aromatic heterocycles. The summed E-state index contributed by atoms with van der Waals surface area (Å²) in [4.78, 5) is 9.42. The summed E-state index contributed by atoms with van der Waals surface area (Å²) < 4.78 is 7.92. The fraction of sp³-hybridized carbons (Fsp3) is 0.611. The molecular formula is C18H30N4O. The molecule has 0 saturated heterocycles. The van der Waals surface area contributed by atoms with Crippen LogP contribution in [0.2, 0.25) is 0 Å². The van der Waals surface area contributed by atoms with Crippen molar-refractivity contribution in [2.24, 2.45) is 0 Å². The first-order chi connectivity index (χ1) is 11.0. The Bertz CT molecular complexity index is 596. The number of nitrogens with zero attached hydrogens (tertiary/aromatic N) is 4. The van der Waals surface area contributed by atoms with E-state index in [1.165, 1.54) is 5.52 Å². The minimum Gasteiger partial charge on any atom is -0.380 e. The van der Waals surface area contributed by atoms with E-state index < -0.39 is 0 Å². The van der Waals surface area contributed by atoms with Crippen molar-refractivity contribution in [3.63, 3.8) is 0 Å². The van der Waals surface area contributed by atoms with Crippen molar-refractivity contribution in [3.8, 4) is 0 Å². The van der Waals surface area contributed by atoms with Crippen LogP contribution in [0.5, 0.6) is 0 Å². The summed E-state index contributed by atoms with van der Waals surface area (Å²) in [5, 5.41) is 0. The molecule has 5 heteroatoms. The van der Waals surface area contributed by atoms with E-state index in [0.717, 1.165) is 44.2 Å². The number of benzene rings is 1. The van der Waals surface area contributed by atoms with Gasteiger partial charge < -0.3 is 19.1 Å². The molecule has 0 aliphatic heterocycles. The Balaban J connectivity index is 2.39. The van der Waals surface area contributed by atoms with Crippen LogP contribution >= 0.6 is 0 Å². The SMILES string of the molecule is CCOCCn1c(C(CN(C)C)CN(C)C)nc2ccccc21. The first-order valence-corrected chi connectivity index (χ1v) is 8.35. The predicted molar refractivity (Wildman–Crippen MR) is 96.1 cm³/mol. The first-order valence-electron chi connectivity index (χ1n) is 8.35. The lowest BCUT2D eigenvalue weighted by molar-refractivity contribution is 0.138. The van der Waals surface area contributed by atoms with Crippen LogP contribution in [0.15, 0.2) is 24.3 Å². The highest BCUT2D eigenvalue weighted by atomic mass is 16.5. The molecule has 23 heavy (non-hydrogen) atoms. The predicted octanol–water partition coefficient (Wildman–Crippen LogP) is 2.28. The van der Waals surface area contributed by atoms with Crippen molar-refractivity contribution in [3.05, 3.63) is 30.1 Å². The average Bonchev–Trinajstić information content (AvgIpc) is 2.85. The van der Waals surface area contributed by atoms with E-state index in [1.54, 1.807) is 0 Å². The van der Waals surface area contributed by atoms with Gasteiger partial charge in [0.25, 0.3) is 0 Å². The molecule has 0 N–H and O–H groups in total. The van der Waals surface area contributed by atoms with Crippen LogP contribution in [-0.2, 0) is 11.3 Å². The molecular weight excluding hydrogens is 288 g/mol. The minimum absolute atomic E-state index is 0.369. The molecule has 0 fully saturated rings. The molecule has 128 valence electrons. The fourth-order valence-electron chi connectivity index (χ4n) is 3.04. The van der Waals surface area contributed by atoms with Crippen molar-refractivity contribution < 1.29 is 4.74 Å². The smallest absolute Gasteiger partial charge is 0.115 e. The Morgan fingerprint density at radius 2 is 1.74 bits per heavy atom. The second-order valence-corrected chi connectivity index (χ2v) is 6.53. The van der Waals surface area contributed by atoms with E-state index in [2.05, 4.69) is 66.8 Å². The van der Waals surface area contributed by atoms with E-state index in [-0.39, 0.29) is 0 Å². The third kappa shape index (κ3) is 4.77. The van der Waals surface area contributed by atoms with Crippen molar-refractivity contribution in [1.82, 2.24) is 19.4 Å². The third-order valence-electron chi connectivity index (χ3n) is 3.88. The summed E-state index contributed by atoms with van der Waals surface area (Å²) >= 11 is 0. The molecule has 2 aromatic rings. The Morgan fingerprint density at radius 1 is 1.09 bits per heavy atom. The summed E-state index contributed by atoms with van der Waals surface area (Å²) in [6, 6.07) is 8.38. The molecule has 0 atom stereocenters. The van der Waals surface area contributed by atoms with Gasteiger partial charge in [-0.25, -0.2) is 4.98 Å². The highest BCUT2D eigenvalue weighted by Gasteiger charge is 2.21. The summed E-state index contributed by atoms with van der Waals surface area (Å²) in [6.45, 7) is 6.32. The summed E-state index contributed by atoms with van der Waals surface area (Å²) in [5.41, 5.74) is 2.27. The number of fused-ring (bicyclic) bond motifs is 1. The highest BCUT2D eigenvalue weighted by Crippen LogP contribution is 2.23. The second-order valence-electron chi connectivity index (χ2n) is 6.53. The Labute approximate surface area is 139 Å². The molecule has 1 aromatic carbocycles. The van der Waals surface area contributed by atoms with Crippen LogP contribution in [0, 0.1) is 0 Å². The monoisotopic (exact) mass is 318 g/mol. The second kappa shape index (κ2) is 8.43. The maximum atomic E-state index is 5.58. The first kappa shape index (κ1) is 17.9. The van der Waals surface area contributed by atoms with Crippen LogP contribution in [0.25, 0.3) is 11.0 Å². The summed E-state index contributed by atoms with van der Waals surface area (Å²) in [7, 11) is 8.48. The summed E-state index contributed by atoms with van der Waals surface area (Å²) in [5.74, 6) is 1.53. The minimum atomic E-state index is 0.369. The van der Waals surface area contributed by atoms with Gasteiger partial charge >= 0.3 is 0 Å². The quantitative estimate of drug-likeness (QED) is 0.664. The number of likely N-dealkylation sites (N-methyl/N-ethyl adjacent to an activating group) is 2. The molecule has 0 spiro atoms. The molecule has 0 aliphatic rings. The van der Waals surface area contributed by atoms with E-state index in [4.69, 9.17) is 9.72 Å². The lowest BCUT2D eigenvalue weighted by Crippen LogP contribution is -2.31. The van der Waals surface area contributed by atoms with Crippen LogP contribution in [-0.4, -0.2) is 73.8 Å². The number of para-hydroxylation sites is 2. The van der Waals surface area contributed by atoms with Crippen molar-refractivity contribution in [2.45, 2.75) is 19.4 Å². The van der Waals surface area contributed by atoms with Crippen LogP contribution in [0.3, 0.4) is 0 Å². The number of hydrogen-bond donors (Lipinski definition) is 0. The molecule has 2 rings (SSSR count). The van der Waals surface area contributed by atoms with Crippen LogP contribution in [0.4, 0.5) is 0 Å². The van der Waals surface area contributed by atoms with Crippen molar-refractivity contribution >= 4 is 11.0 Å². The molecule has 5 nitrogen and oxygen atoms in total. The van der Waals surface area contributed by atoms with E-state index in [9.17, 15) is 0 Å². The van der Waals surface area contributed by atoms with E-state index in [1.807, 2.05) is 6.92 Å². The Kier molecular flexibility index (Phi) is 6.57. The lowest BCUT2D eigenvalue weighted by atomic mass is 10.1. The molecule has 0 bridgehead atoms. The maximum absolute atomic E-state index is 5.58. The van der Waals surface area contributed by atoms with E-state index >= 15 is 0 Å². The number of imidazole rings is 1. The molecule has 0 radical (unpaired) electrons. The fourth-order valence-corrected chi connectivity index (χ4v) is 3.04. The van der Waals surface area contributed by atoms with Crippen molar-refractivity contribution in [1.29, 1.82) is 0 Å². The molecule has 0 aliphatic carbocycles. The molecule has 0 amide bonds. The summed E-state index contributed by atoms with van der Waals surface area (Å²) in [6.07, 6.45) is 0. The number of hydrogen-bond acceptors (Lipinski definition) is 4. The van der Waals surface area contributed by atoms with Gasteiger partial charge in [-0.2, -0.15) is 0 Å². The molecule has 1 heterocycles. The van der Waals surface area contributed by atoms with Gasteiger partial charge in [-0.05, 0) is 47.2 Å². The number of aromatic nitrogens is 2. The van der Waals surface area contributed by atoms with E-state index in [0.29, 0.717) is 5.92 Å².